The molecule has 0 bridgehead atoms. The summed E-state index contributed by atoms with van der Waals surface area (Å²) in [5, 5.41) is 12.8. The molecule has 2 aromatic rings. The average molecular weight is 436 g/mol. The average Bonchev–Trinajstić information content (AvgIpc) is 3.16. The van der Waals surface area contributed by atoms with Gasteiger partial charge in [0.2, 0.25) is 5.91 Å². The van der Waals surface area contributed by atoms with Crippen molar-refractivity contribution in [3.8, 4) is 11.1 Å². The van der Waals surface area contributed by atoms with Crippen molar-refractivity contribution in [3.63, 3.8) is 0 Å². The largest absolute Gasteiger partial charge is 1.00 e. The van der Waals surface area contributed by atoms with E-state index in [1.54, 1.807) is 24.3 Å². The van der Waals surface area contributed by atoms with Crippen molar-refractivity contribution in [2.75, 3.05) is 6.54 Å². The van der Waals surface area contributed by atoms with Gasteiger partial charge in [-0.3, -0.25) is 4.79 Å². The normalized spacial score (nSPS) is 20.3. The van der Waals surface area contributed by atoms with Gasteiger partial charge in [0.1, 0.15) is 0 Å². The zero-order valence-corrected chi connectivity index (χ0v) is 20.1. The summed E-state index contributed by atoms with van der Waals surface area (Å²) in [6.07, 6.45) is 6.91. The fourth-order valence-corrected chi connectivity index (χ4v) is 5.34. The Morgan fingerprint density at radius 1 is 1.03 bits per heavy atom. The standard InChI is InChI=1S/C24H26ClNO3.Na.H/c25-21-14-18(15-6-8-17(9-7-15)24(28)29)10-11-19(21)22(16-4-2-1-3-5-16)20-12-13-26-23(20)27;;/h6-11,14,16,20,22H,1-5,12-13H2,(H,26,27)(H,28,29);;/q;+1;-1. The first-order valence-corrected chi connectivity index (χ1v) is 10.8. The second kappa shape index (κ2) is 10.3. The zero-order chi connectivity index (χ0) is 20.4. The number of amides is 1. The fraction of sp³-hybridized carbons (Fsp3) is 0.417. The summed E-state index contributed by atoms with van der Waals surface area (Å²) in [6.45, 7) is 0.748. The first-order chi connectivity index (χ1) is 14.0. The summed E-state index contributed by atoms with van der Waals surface area (Å²) < 4.78 is 0. The van der Waals surface area contributed by atoms with Gasteiger partial charge in [0, 0.05) is 17.5 Å². The van der Waals surface area contributed by atoms with Crippen molar-refractivity contribution in [1.82, 2.24) is 5.32 Å². The monoisotopic (exact) mass is 435 g/mol. The van der Waals surface area contributed by atoms with Crippen molar-refractivity contribution in [1.29, 1.82) is 0 Å². The van der Waals surface area contributed by atoms with Crippen LogP contribution in [0.25, 0.3) is 11.1 Å². The van der Waals surface area contributed by atoms with E-state index in [4.69, 9.17) is 16.7 Å². The Hall–Kier alpha value is -1.33. The number of carbonyl (C=O) groups excluding carboxylic acids is 1. The Labute approximate surface area is 206 Å². The van der Waals surface area contributed by atoms with Gasteiger partial charge >= 0.3 is 35.5 Å². The molecule has 2 aromatic carbocycles. The van der Waals surface area contributed by atoms with Gasteiger partial charge in [0.15, 0.2) is 0 Å². The first kappa shape index (κ1) is 23.3. The van der Waals surface area contributed by atoms with E-state index >= 15 is 0 Å². The van der Waals surface area contributed by atoms with Crippen LogP contribution in [-0.4, -0.2) is 23.5 Å². The van der Waals surface area contributed by atoms with Gasteiger partial charge in [-0.1, -0.05) is 55.1 Å². The molecule has 2 N–H and O–H groups in total. The van der Waals surface area contributed by atoms with E-state index < -0.39 is 5.97 Å². The van der Waals surface area contributed by atoms with E-state index in [9.17, 15) is 9.59 Å². The van der Waals surface area contributed by atoms with E-state index in [0.717, 1.165) is 42.5 Å². The number of aromatic carboxylic acids is 1. The number of nitrogens with one attached hydrogen (secondary N) is 1. The van der Waals surface area contributed by atoms with Gasteiger partial charge in [0.05, 0.1) is 5.56 Å². The van der Waals surface area contributed by atoms with Crippen molar-refractivity contribution in [3.05, 3.63) is 58.6 Å². The number of hydrogen-bond donors (Lipinski definition) is 2. The third-order valence-corrected chi connectivity index (χ3v) is 6.83. The van der Waals surface area contributed by atoms with Crippen molar-refractivity contribution < 1.29 is 45.7 Å². The number of benzene rings is 2. The maximum atomic E-state index is 12.5. The van der Waals surface area contributed by atoms with Gasteiger partial charge in [-0.25, -0.2) is 4.79 Å². The molecule has 2 fully saturated rings. The van der Waals surface area contributed by atoms with Crippen molar-refractivity contribution in [2.24, 2.45) is 11.8 Å². The van der Waals surface area contributed by atoms with E-state index in [2.05, 4.69) is 11.4 Å². The maximum absolute atomic E-state index is 12.5. The van der Waals surface area contributed by atoms with Crippen LogP contribution >= 0.6 is 11.6 Å². The number of rotatable bonds is 5. The SMILES string of the molecule is O=C(O)c1ccc(-c2ccc(C(C3CCCCC3)C3CCNC3=O)c(Cl)c2)cc1.[H-].[Na+]. The summed E-state index contributed by atoms with van der Waals surface area (Å²) in [5.74, 6) is -0.124. The molecular weight excluding hydrogens is 409 g/mol. The second-order valence-corrected chi connectivity index (χ2v) is 8.64. The van der Waals surface area contributed by atoms with Crippen molar-refractivity contribution >= 4 is 23.5 Å². The predicted molar refractivity (Wildman–Crippen MR) is 115 cm³/mol. The van der Waals surface area contributed by atoms with Crippen molar-refractivity contribution in [2.45, 2.75) is 44.4 Å². The molecule has 2 unspecified atom stereocenters. The van der Waals surface area contributed by atoms with E-state index in [-0.39, 0.29) is 54.3 Å². The molecule has 0 aromatic heterocycles. The summed E-state index contributed by atoms with van der Waals surface area (Å²) in [5.41, 5.74) is 3.22. The predicted octanol–water partition coefficient (Wildman–Crippen LogP) is 2.62. The molecule has 154 valence electrons. The van der Waals surface area contributed by atoms with Crippen LogP contribution in [0.5, 0.6) is 0 Å². The Balaban J connectivity index is 0.00000171. The minimum atomic E-state index is -0.935. The van der Waals surface area contributed by atoms with Crippen LogP contribution in [0.1, 0.15) is 61.8 Å². The van der Waals surface area contributed by atoms with Gasteiger partial charge in [-0.15, -0.1) is 0 Å². The molecule has 0 radical (unpaired) electrons. The molecule has 1 heterocycles. The van der Waals surface area contributed by atoms with Gasteiger partial charge in [-0.05, 0) is 66.0 Å². The summed E-state index contributed by atoms with van der Waals surface area (Å²) in [6, 6.07) is 12.9. The first-order valence-electron chi connectivity index (χ1n) is 10.5. The molecular formula is C24H27ClNNaO3. The third-order valence-electron chi connectivity index (χ3n) is 6.51. The van der Waals surface area contributed by atoms with Crippen LogP contribution in [0.2, 0.25) is 5.02 Å². The third kappa shape index (κ3) is 4.94. The minimum Gasteiger partial charge on any atom is -1.00 e. The number of carboxylic acids is 1. The molecule has 1 amide bonds. The molecule has 4 rings (SSSR count). The van der Waals surface area contributed by atoms with Gasteiger partial charge < -0.3 is 11.8 Å². The number of hydrogen-bond acceptors (Lipinski definition) is 2. The van der Waals surface area contributed by atoms with E-state index in [1.165, 1.54) is 19.3 Å². The topological polar surface area (TPSA) is 66.4 Å². The van der Waals surface area contributed by atoms with Crippen LogP contribution in [0.3, 0.4) is 0 Å². The Morgan fingerprint density at radius 2 is 1.70 bits per heavy atom. The Kier molecular flexibility index (Phi) is 8.03. The van der Waals surface area contributed by atoms with Crippen LogP contribution in [0.15, 0.2) is 42.5 Å². The maximum Gasteiger partial charge on any atom is 1.00 e. The molecule has 1 aliphatic heterocycles. The minimum absolute atomic E-state index is 0. The molecule has 6 heteroatoms. The molecule has 1 aliphatic carbocycles. The summed E-state index contributed by atoms with van der Waals surface area (Å²) in [7, 11) is 0. The molecule has 1 saturated heterocycles. The van der Waals surface area contributed by atoms with Crippen LogP contribution < -0.4 is 34.9 Å². The van der Waals surface area contributed by atoms with Crippen LogP contribution in [0, 0.1) is 11.8 Å². The van der Waals surface area contributed by atoms with Crippen LogP contribution in [0.4, 0.5) is 0 Å². The zero-order valence-electron chi connectivity index (χ0n) is 18.4. The Bertz CT molecular complexity index is 916. The fourth-order valence-electron chi connectivity index (χ4n) is 5.03. The quantitative estimate of drug-likeness (QED) is 0.709. The number of halogens is 1. The smallest absolute Gasteiger partial charge is 1.00 e. The molecule has 0 spiro atoms. The molecule has 2 aliphatic rings. The molecule has 30 heavy (non-hydrogen) atoms. The number of carbonyl (C=O) groups is 2. The number of carboxylic acid groups (broad SMARTS) is 1. The molecule has 1 saturated carbocycles. The van der Waals surface area contributed by atoms with Gasteiger partial charge in [-0.2, -0.15) is 0 Å². The van der Waals surface area contributed by atoms with E-state index in [0.29, 0.717) is 10.9 Å². The molecule has 4 nitrogen and oxygen atoms in total. The Morgan fingerprint density at radius 3 is 2.27 bits per heavy atom. The van der Waals surface area contributed by atoms with Crippen LogP contribution in [-0.2, 0) is 4.79 Å². The summed E-state index contributed by atoms with van der Waals surface area (Å²) >= 11 is 6.78. The second-order valence-electron chi connectivity index (χ2n) is 8.23. The summed E-state index contributed by atoms with van der Waals surface area (Å²) in [4.78, 5) is 23.6. The molecule has 2 atom stereocenters. The van der Waals surface area contributed by atoms with Gasteiger partial charge in [0.25, 0.3) is 0 Å². The van der Waals surface area contributed by atoms with E-state index in [1.807, 2.05) is 12.1 Å².